The van der Waals surface area contributed by atoms with Gasteiger partial charge in [-0.2, -0.15) is 0 Å². The van der Waals surface area contributed by atoms with Gasteiger partial charge in [0, 0.05) is 59.5 Å². The van der Waals surface area contributed by atoms with Gasteiger partial charge in [-0.3, -0.25) is 9.89 Å². The third-order valence-electron chi connectivity index (χ3n) is 6.48. The van der Waals surface area contributed by atoms with Gasteiger partial charge >= 0.3 is 0 Å². The van der Waals surface area contributed by atoms with Crippen LogP contribution in [0.1, 0.15) is 19.3 Å². The first kappa shape index (κ1) is 25.5. The minimum absolute atomic E-state index is 0. The average molecular weight is 561 g/mol. The summed E-state index contributed by atoms with van der Waals surface area (Å²) in [4.78, 5) is 11.4. The van der Waals surface area contributed by atoms with Crippen molar-refractivity contribution in [3.63, 3.8) is 0 Å². The maximum absolute atomic E-state index is 14.0. The van der Waals surface area contributed by atoms with Crippen molar-refractivity contribution in [2.75, 3.05) is 77.5 Å². The number of hydrogen-bond acceptors (Lipinski definition) is 5. The van der Waals surface area contributed by atoms with E-state index in [0.717, 1.165) is 96.5 Å². The highest BCUT2D eigenvalue weighted by Crippen LogP contribution is 2.21. The van der Waals surface area contributed by atoms with Crippen molar-refractivity contribution in [1.29, 1.82) is 0 Å². The summed E-state index contributed by atoms with van der Waals surface area (Å²) in [6, 6.07) is 7.06. The molecule has 3 heterocycles. The van der Waals surface area contributed by atoms with Gasteiger partial charge in [0.15, 0.2) is 5.96 Å². The Morgan fingerprint density at radius 1 is 1.09 bits per heavy atom. The molecule has 3 saturated heterocycles. The third kappa shape index (κ3) is 6.68. The van der Waals surface area contributed by atoms with E-state index in [1.807, 2.05) is 19.2 Å². The molecule has 1 N–H and O–H groups in total. The maximum Gasteiger partial charge on any atom is 0.193 e. The van der Waals surface area contributed by atoms with Crippen LogP contribution in [0.25, 0.3) is 0 Å². The molecule has 0 aliphatic carbocycles. The Bertz CT molecular complexity index is 726. The van der Waals surface area contributed by atoms with Gasteiger partial charge in [0.05, 0.1) is 18.4 Å². The van der Waals surface area contributed by atoms with Crippen molar-refractivity contribution in [2.45, 2.75) is 31.5 Å². The number of benzene rings is 1. The SMILES string of the molecule is CN=C(NCCCN1CCN(c2ccccc2F)CC1)N1CCOC(C2CCCO2)C1.I. The smallest absolute Gasteiger partial charge is 0.193 e. The van der Waals surface area contributed by atoms with E-state index in [4.69, 9.17) is 9.47 Å². The third-order valence-corrected chi connectivity index (χ3v) is 6.48. The Hall–Kier alpha value is -1.17. The Morgan fingerprint density at radius 2 is 1.88 bits per heavy atom. The van der Waals surface area contributed by atoms with Crippen LogP contribution >= 0.6 is 24.0 Å². The van der Waals surface area contributed by atoms with Gasteiger partial charge < -0.3 is 24.6 Å². The lowest BCUT2D eigenvalue weighted by atomic mass is 10.1. The molecule has 0 amide bonds. The number of piperazine rings is 1. The fourth-order valence-corrected chi connectivity index (χ4v) is 4.74. The maximum atomic E-state index is 14.0. The van der Waals surface area contributed by atoms with E-state index < -0.39 is 0 Å². The van der Waals surface area contributed by atoms with Gasteiger partial charge in [-0.25, -0.2) is 4.39 Å². The molecular formula is C23H37FIN5O2. The average Bonchev–Trinajstić information content (AvgIpc) is 3.35. The van der Waals surface area contributed by atoms with Crippen LogP contribution < -0.4 is 10.2 Å². The van der Waals surface area contributed by atoms with E-state index in [9.17, 15) is 4.39 Å². The van der Waals surface area contributed by atoms with E-state index in [-0.39, 0.29) is 42.0 Å². The van der Waals surface area contributed by atoms with Crippen molar-refractivity contribution < 1.29 is 13.9 Å². The molecule has 1 aromatic carbocycles. The number of aliphatic imine (C=N–C) groups is 1. The Labute approximate surface area is 208 Å². The van der Waals surface area contributed by atoms with Crippen LogP contribution in [-0.2, 0) is 9.47 Å². The second kappa shape index (κ2) is 12.9. The van der Waals surface area contributed by atoms with Crippen molar-refractivity contribution in [3.8, 4) is 0 Å². The van der Waals surface area contributed by atoms with Crippen LogP contribution in [0.2, 0.25) is 0 Å². The number of ether oxygens (including phenoxy) is 2. The second-order valence-corrected chi connectivity index (χ2v) is 8.51. The normalized spacial score (nSPS) is 25.0. The van der Waals surface area contributed by atoms with E-state index in [0.29, 0.717) is 0 Å². The number of anilines is 1. The monoisotopic (exact) mass is 561 g/mol. The van der Waals surface area contributed by atoms with Crippen LogP contribution in [0.4, 0.5) is 10.1 Å². The quantitative estimate of drug-likeness (QED) is 0.249. The van der Waals surface area contributed by atoms with Gasteiger partial charge in [-0.05, 0) is 37.9 Å². The number of para-hydroxylation sites is 1. The highest BCUT2D eigenvalue weighted by molar-refractivity contribution is 14.0. The first-order valence-electron chi connectivity index (χ1n) is 11.7. The predicted octanol–water partition coefficient (Wildman–Crippen LogP) is 2.41. The number of hydrogen-bond donors (Lipinski definition) is 1. The standard InChI is InChI=1S/C23H36FN5O2.HI/c1-25-23(29-15-17-31-22(18-29)21-8-4-16-30-21)26-9-5-10-27-11-13-28(14-12-27)20-7-3-2-6-19(20)24;/h2-3,6-7,21-22H,4-5,8-18H2,1H3,(H,25,26);1H. The summed E-state index contributed by atoms with van der Waals surface area (Å²) in [6.07, 6.45) is 3.64. The summed E-state index contributed by atoms with van der Waals surface area (Å²) in [5.74, 6) is 0.826. The van der Waals surface area contributed by atoms with Crippen LogP contribution in [0.15, 0.2) is 29.3 Å². The van der Waals surface area contributed by atoms with Crippen LogP contribution in [0, 0.1) is 5.82 Å². The van der Waals surface area contributed by atoms with Crippen molar-refractivity contribution in [2.24, 2.45) is 4.99 Å². The lowest BCUT2D eigenvalue weighted by molar-refractivity contribution is -0.0816. The number of morpholine rings is 1. The minimum Gasteiger partial charge on any atom is -0.375 e. The highest BCUT2D eigenvalue weighted by atomic mass is 127. The Balaban J connectivity index is 0.00000289. The molecule has 0 aromatic heterocycles. The van der Waals surface area contributed by atoms with Crippen molar-refractivity contribution in [3.05, 3.63) is 30.1 Å². The molecule has 0 bridgehead atoms. The Kier molecular flexibility index (Phi) is 10.3. The van der Waals surface area contributed by atoms with Crippen LogP contribution in [-0.4, -0.2) is 101 Å². The molecule has 4 rings (SSSR count). The van der Waals surface area contributed by atoms with Gasteiger partial charge in [0.25, 0.3) is 0 Å². The zero-order valence-electron chi connectivity index (χ0n) is 19.0. The van der Waals surface area contributed by atoms with E-state index in [2.05, 4.69) is 25.0 Å². The molecule has 2 unspecified atom stereocenters. The number of nitrogens with one attached hydrogen (secondary N) is 1. The minimum atomic E-state index is -0.128. The summed E-state index contributed by atoms with van der Waals surface area (Å²) >= 11 is 0. The molecule has 3 aliphatic rings. The summed E-state index contributed by atoms with van der Waals surface area (Å²) in [5, 5.41) is 3.52. The van der Waals surface area contributed by atoms with Gasteiger partial charge in [0.1, 0.15) is 11.9 Å². The molecule has 9 heteroatoms. The molecule has 2 atom stereocenters. The lowest BCUT2D eigenvalue weighted by Crippen LogP contribution is -2.53. The molecule has 0 spiro atoms. The molecule has 3 aliphatic heterocycles. The molecule has 3 fully saturated rings. The topological polar surface area (TPSA) is 52.6 Å². The molecule has 1 aromatic rings. The lowest BCUT2D eigenvalue weighted by Gasteiger charge is -2.37. The van der Waals surface area contributed by atoms with E-state index in [1.165, 1.54) is 6.07 Å². The van der Waals surface area contributed by atoms with Crippen LogP contribution in [0.3, 0.4) is 0 Å². The second-order valence-electron chi connectivity index (χ2n) is 8.51. The summed E-state index contributed by atoms with van der Waals surface area (Å²) in [7, 11) is 1.85. The van der Waals surface area contributed by atoms with Gasteiger partial charge in [-0.15, -0.1) is 24.0 Å². The predicted molar refractivity (Wildman–Crippen MR) is 137 cm³/mol. The summed E-state index contributed by atoms with van der Waals surface area (Å²) in [6.45, 7) is 8.87. The zero-order chi connectivity index (χ0) is 21.5. The van der Waals surface area contributed by atoms with E-state index >= 15 is 0 Å². The molecule has 32 heavy (non-hydrogen) atoms. The Morgan fingerprint density at radius 3 is 2.59 bits per heavy atom. The van der Waals surface area contributed by atoms with Crippen molar-refractivity contribution >= 4 is 35.6 Å². The fraction of sp³-hybridized carbons (Fsp3) is 0.696. The fourth-order valence-electron chi connectivity index (χ4n) is 4.74. The van der Waals surface area contributed by atoms with Crippen molar-refractivity contribution in [1.82, 2.24) is 15.1 Å². The van der Waals surface area contributed by atoms with Gasteiger partial charge in [0.2, 0.25) is 0 Å². The largest absolute Gasteiger partial charge is 0.375 e. The molecule has 0 saturated carbocycles. The van der Waals surface area contributed by atoms with E-state index in [1.54, 1.807) is 6.07 Å². The zero-order valence-corrected chi connectivity index (χ0v) is 21.4. The summed E-state index contributed by atoms with van der Waals surface area (Å²) in [5.41, 5.74) is 0.722. The first-order valence-corrected chi connectivity index (χ1v) is 11.7. The van der Waals surface area contributed by atoms with Gasteiger partial charge in [-0.1, -0.05) is 12.1 Å². The highest BCUT2D eigenvalue weighted by Gasteiger charge is 2.32. The molecule has 7 nitrogen and oxygen atoms in total. The number of nitrogens with zero attached hydrogens (tertiary/aromatic N) is 4. The number of guanidine groups is 1. The number of rotatable bonds is 6. The number of halogens is 2. The van der Waals surface area contributed by atoms with Crippen LogP contribution in [0.5, 0.6) is 0 Å². The molecule has 180 valence electrons. The molecule has 0 radical (unpaired) electrons. The molecular weight excluding hydrogens is 524 g/mol. The first-order chi connectivity index (χ1) is 15.2. The summed E-state index contributed by atoms with van der Waals surface area (Å²) < 4.78 is 25.8.